The molecule has 1 aliphatic rings. The lowest BCUT2D eigenvalue weighted by Crippen LogP contribution is -2.38. The Bertz CT molecular complexity index is 964. The van der Waals surface area contributed by atoms with E-state index in [0.29, 0.717) is 31.1 Å². The number of rotatable bonds is 3. The molecule has 0 saturated heterocycles. The Hall–Kier alpha value is -3.56. The van der Waals surface area contributed by atoms with Crippen molar-refractivity contribution >= 4 is 11.9 Å². The van der Waals surface area contributed by atoms with E-state index < -0.39 is 5.97 Å². The van der Waals surface area contributed by atoms with Crippen LogP contribution in [0, 0.1) is 0 Å². The molecule has 0 bridgehead atoms. The van der Waals surface area contributed by atoms with E-state index in [1.54, 1.807) is 38.4 Å². The van der Waals surface area contributed by atoms with E-state index in [1.807, 2.05) is 0 Å². The van der Waals surface area contributed by atoms with E-state index >= 15 is 0 Å². The third-order valence-corrected chi connectivity index (χ3v) is 4.12. The van der Waals surface area contributed by atoms with Gasteiger partial charge >= 0.3 is 5.97 Å². The average molecular weight is 353 g/mol. The summed E-state index contributed by atoms with van der Waals surface area (Å²) in [5, 5.41) is 11.7. The lowest BCUT2D eigenvalue weighted by atomic mass is 10.2. The number of amides is 1. The van der Waals surface area contributed by atoms with Gasteiger partial charge in [0.25, 0.3) is 5.91 Å². The molecule has 0 aromatic carbocycles. The first-order chi connectivity index (χ1) is 12.7. The second-order valence-electron chi connectivity index (χ2n) is 5.71. The summed E-state index contributed by atoms with van der Waals surface area (Å²) >= 11 is 0. The van der Waals surface area contributed by atoms with Gasteiger partial charge in [-0.25, -0.2) is 9.78 Å². The van der Waals surface area contributed by atoms with E-state index in [1.165, 1.54) is 19.8 Å². The Labute approximate surface area is 148 Å². The summed E-state index contributed by atoms with van der Waals surface area (Å²) in [6, 6.07) is 6.85. The Morgan fingerprint density at radius 3 is 2.69 bits per heavy atom. The van der Waals surface area contributed by atoms with Gasteiger partial charge in [-0.3, -0.25) is 14.0 Å². The number of aromatic nitrogens is 6. The highest BCUT2D eigenvalue weighted by molar-refractivity contribution is 5.92. The first-order valence-electron chi connectivity index (χ1n) is 7.92. The molecule has 3 aromatic heterocycles. The van der Waals surface area contributed by atoms with E-state index in [2.05, 4.69) is 25.0 Å². The zero-order valence-corrected chi connectivity index (χ0v) is 13.9. The Balaban J connectivity index is 1.55. The van der Waals surface area contributed by atoms with Crippen LogP contribution in [0.2, 0.25) is 0 Å². The summed E-state index contributed by atoms with van der Waals surface area (Å²) in [5.41, 5.74) is 1.35. The van der Waals surface area contributed by atoms with Gasteiger partial charge in [-0.15, -0.1) is 10.2 Å². The topological polar surface area (TPSA) is 108 Å². The van der Waals surface area contributed by atoms with Crippen LogP contribution in [0.15, 0.2) is 36.9 Å². The van der Waals surface area contributed by atoms with Crippen LogP contribution >= 0.6 is 0 Å². The van der Waals surface area contributed by atoms with Crippen molar-refractivity contribution in [1.29, 1.82) is 0 Å². The van der Waals surface area contributed by atoms with Crippen molar-refractivity contribution < 1.29 is 14.3 Å². The quantitative estimate of drug-likeness (QED) is 0.623. The fourth-order valence-corrected chi connectivity index (χ4v) is 2.81. The molecule has 10 nitrogen and oxygen atoms in total. The third kappa shape index (κ3) is 2.81. The standard InChI is InChI=1S/C16H15N7O3/c1-26-16(25)13-7-11-8-21(5-6-23(11)20-13)15(24)12-3-2-4-14(19-12)22-9-17-18-10-22/h2-4,7,9-10H,5-6,8H2,1H3. The van der Waals surface area contributed by atoms with Crippen molar-refractivity contribution in [1.82, 2.24) is 34.4 Å². The molecular weight excluding hydrogens is 338 g/mol. The largest absolute Gasteiger partial charge is 0.464 e. The summed E-state index contributed by atoms with van der Waals surface area (Å²) in [5.74, 6) is -0.115. The zero-order valence-electron chi connectivity index (χ0n) is 13.9. The minimum absolute atomic E-state index is 0.188. The van der Waals surface area contributed by atoms with Crippen molar-refractivity contribution in [2.24, 2.45) is 0 Å². The highest BCUT2D eigenvalue weighted by Gasteiger charge is 2.25. The maximum atomic E-state index is 12.8. The molecule has 0 radical (unpaired) electrons. The van der Waals surface area contributed by atoms with Gasteiger partial charge in [-0.2, -0.15) is 5.10 Å². The molecule has 0 saturated carbocycles. The Morgan fingerprint density at radius 1 is 1.12 bits per heavy atom. The monoisotopic (exact) mass is 353 g/mol. The summed E-state index contributed by atoms with van der Waals surface area (Å²) < 4.78 is 8.04. The fraction of sp³-hybridized carbons (Fsp3) is 0.250. The molecule has 10 heteroatoms. The maximum Gasteiger partial charge on any atom is 0.358 e. The van der Waals surface area contributed by atoms with Crippen LogP contribution in [0.3, 0.4) is 0 Å². The highest BCUT2D eigenvalue weighted by Crippen LogP contribution is 2.17. The van der Waals surface area contributed by atoms with E-state index in [9.17, 15) is 9.59 Å². The molecule has 1 aliphatic heterocycles. The second-order valence-corrected chi connectivity index (χ2v) is 5.71. The van der Waals surface area contributed by atoms with Gasteiger partial charge in [-0.05, 0) is 18.2 Å². The summed E-state index contributed by atoms with van der Waals surface area (Å²) in [6.45, 7) is 1.33. The Kier molecular flexibility index (Phi) is 3.92. The molecule has 1 amide bonds. The molecule has 0 aliphatic carbocycles. The van der Waals surface area contributed by atoms with Crippen LogP contribution in [0.25, 0.3) is 5.82 Å². The van der Waals surface area contributed by atoms with Crippen molar-refractivity contribution in [2.75, 3.05) is 13.7 Å². The van der Waals surface area contributed by atoms with Crippen LogP contribution in [0.4, 0.5) is 0 Å². The summed E-state index contributed by atoms with van der Waals surface area (Å²) in [7, 11) is 1.31. The van der Waals surface area contributed by atoms with Crippen molar-refractivity contribution in [3.63, 3.8) is 0 Å². The molecule has 0 unspecified atom stereocenters. The molecule has 4 rings (SSSR count). The minimum atomic E-state index is -0.493. The van der Waals surface area contributed by atoms with Gasteiger partial charge in [0.15, 0.2) is 5.69 Å². The van der Waals surface area contributed by atoms with Crippen LogP contribution in [0.1, 0.15) is 26.7 Å². The highest BCUT2D eigenvalue weighted by atomic mass is 16.5. The summed E-state index contributed by atoms with van der Waals surface area (Å²) in [6.07, 6.45) is 3.04. The summed E-state index contributed by atoms with van der Waals surface area (Å²) in [4.78, 5) is 30.5. The van der Waals surface area contributed by atoms with Crippen LogP contribution in [-0.4, -0.2) is 60.0 Å². The first kappa shape index (κ1) is 15.9. The number of hydrogen-bond acceptors (Lipinski definition) is 7. The van der Waals surface area contributed by atoms with Crippen LogP contribution in [-0.2, 0) is 17.8 Å². The van der Waals surface area contributed by atoms with Crippen molar-refractivity contribution in [3.05, 3.63) is 54.0 Å². The van der Waals surface area contributed by atoms with Gasteiger partial charge in [0, 0.05) is 6.54 Å². The van der Waals surface area contributed by atoms with Crippen LogP contribution in [0.5, 0.6) is 0 Å². The smallest absolute Gasteiger partial charge is 0.358 e. The number of carbonyl (C=O) groups excluding carboxylic acids is 2. The van der Waals surface area contributed by atoms with Crippen molar-refractivity contribution in [2.45, 2.75) is 13.1 Å². The second kappa shape index (κ2) is 6.39. The number of pyridine rings is 1. The molecule has 0 atom stereocenters. The maximum absolute atomic E-state index is 12.8. The number of methoxy groups -OCH3 is 1. The van der Waals surface area contributed by atoms with Gasteiger partial charge in [0.1, 0.15) is 24.2 Å². The van der Waals surface area contributed by atoms with Gasteiger partial charge in [0.2, 0.25) is 0 Å². The molecule has 26 heavy (non-hydrogen) atoms. The van der Waals surface area contributed by atoms with Gasteiger partial charge < -0.3 is 9.64 Å². The van der Waals surface area contributed by atoms with Gasteiger partial charge in [0.05, 0.1) is 25.9 Å². The Morgan fingerprint density at radius 2 is 1.92 bits per heavy atom. The fourth-order valence-electron chi connectivity index (χ4n) is 2.81. The number of hydrogen-bond donors (Lipinski definition) is 0. The van der Waals surface area contributed by atoms with Crippen molar-refractivity contribution in [3.8, 4) is 5.82 Å². The molecule has 0 fully saturated rings. The predicted octanol–water partition coefficient (Wildman–Crippen LogP) is 0.301. The molecule has 0 spiro atoms. The minimum Gasteiger partial charge on any atom is -0.464 e. The number of carbonyl (C=O) groups is 2. The van der Waals surface area contributed by atoms with E-state index in [4.69, 9.17) is 0 Å². The van der Waals surface area contributed by atoms with Crippen LogP contribution < -0.4 is 0 Å². The number of fused-ring (bicyclic) bond motifs is 1. The lowest BCUT2D eigenvalue weighted by Gasteiger charge is -2.27. The first-order valence-corrected chi connectivity index (χ1v) is 7.92. The molecule has 4 heterocycles. The lowest BCUT2D eigenvalue weighted by molar-refractivity contribution is 0.0591. The molecule has 132 valence electrons. The third-order valence-electron chi connectivity index (χ3n) is 4.12. The average Bonchev–Trinajstić information content (AvgIpc) is 3.36. The number of nitrogens with zero attached hydrogens (tertiary/aromatic N) is 7. The predicted molar refractivity (Wildman–Crippen MR) is 87.5 cm³/mol. The molecular formula is C16H15N7O3. The molecule has 3 aromatic rings. The number of esters is 1. The van der Waals surface area contributed by atoms with E-state index in [-0.39, 0.29) is 11.6 Å². The van der Waals surface area contributed by atoms with E-state index in [0.717, 1.165) is 5.69 Å². The SMILES string of the molecule is COC(=O)c1cc2n(n1)CCN(C(=O)c1cccc(-n3cnnc3)n1)C2. The molecule has 0 N–H and O–H groups in total. The number of ether oxygens (including phenoxy) is 1. The normalized spacial score (nSPS) is 13.3. The van der Waals surface area contributed by atoms with Gasteiger partial charge in [-0.1, -0.05) is 6.07 Å². The zero-order chi connectivity index (χ0) is 18.1.